The first-order valence-corrected chi connectivity index (χ1v) is 6.55. The Morgan fingerprint density at radius 3 is 2.53 bits per heavy atom. The summed E-state index contributed by atoms with van der Waals surface area (Å²) in [6, 6.07) is 6.21. The predicted octanol–water partition coefficient (Wildman–Crippen LogP) is 3.23. The van der Waals surface area contributed by atoms with Gasteiger partial charge in [-0.15, -0.1) is 0 Å². The molecular formula is C15H22O2. The van der Waals surface area contributed by atoms with Crippen molar-refractivity contribution in [2.45, 2.75) is 45.6 Å². The fraction of sp³-hybridized carbons (Fsp3) is 0.600. The summed E-state index contributed by atoms with van der Waals surface area (Å²) in [5.41, 5.74) is 2.38. The van der Waals surface area contributed by atoms with Gasteiger partial charge < -0.3 is 9.84 Å². The van der Waals surface area contributed by atoms with Crippen molar-refractivity contribution in [1.29, 1.82) is 0 Å². The molecule has 0 aromatic heterocycles. The number of aliphatic hydroxyl groups excluding tert-OH is 1. The molecule has 0 bridgehead atoms. The molecule has 0 spiro atoms. The number of ether oxygens (including phenoxy) is 1. The van der Waals surface area contributed by atoms with Gasteiger partial charge in [0.15, 0.2) is 0 Å². The Morgan fingerprint density at radius 2 is 1.94 bits per heavy atom. The summed E-state index contributed by atoms with van der Waals surface area (Å²) in [5.74, 6) is 1.46. The van der Waals surface area contributed by atoms with Crippen molar-refractivity contribution < 1.29 is 9.84 Å². The molecule has 1 N–H and O–H groups in total. The molecule has 2 nitrogen and oxygen atoms in total. The third-order valence-electron chi connectivity index (χ3n) is 3.76. The molecule has 1 aromatic carbocycles. The maximum Gasteiger partial charge on any atom is 0.125 e. The van der Waals surface area contributed by atoms with Crippen LogP contribution < -0.4 is 4.74 Å². The van der Waals surface area contributed by atoms with Gasteiger partial charge in [0.25, 0.3) is 0 Å². The van der Waals surface area contributed by atoms with E-state index >= 15 is 0 Å². The number of benzene rings is 1. The lowest BCUT2D eigenvalue weighted by Gasteiger charge is -2.16. The van der Waals surface area contributed by atoms with Crippen molar-refractivity contribution in [1.82, 2.24) is 0 Å². The molecular weight excluding hydrogens is 212 g/mol. The van der Waals surface area contributed by atoms with Gasteiger partial charge in [-0.2, -0.15) is 0 Å². The highest BCUT2D eigenvalue weighted by Crippen LogP contribution is 2.29. The van der Waals surface area contributed by atoms with Crippen LogP contribution in [0.25, 0.3) is 0 Å². The van der Waals surface area contributed by atoms with Crippen LogP contribution in [-0.4, -0.2) is 17.8 Å². The van der Waals surface area contributed by atoms with E-state index in [1.807, 2.05) is 0 Å². The van der Waals surface area contributed by atoms with Crippen LogP contribution in [-0.2, 0) is 0 Å². The number of hydrogen-bond donors (Lipinski definition) is 1. The SMILES string of the molecule is Cc1cccc(C)c1OCCC1CCCC1O. The molecule has 2 unspecified atom stereocenters. The van der Waals surface area contributed by atoms with Gasteiger partial charge >= 0.3 is 0 Å². The normalized spacial score (nSPS) is 23.9. The molecule has 2 atom stereocenters. The summed E-state index contributed by atoms with van der Waals surface area (Å²) >= 11 is 0. The van der Waals surface area contributed by atoms with E-state index in [0.717, 1.165) is 31.4 Å². The Labute approximate surface area is 104 Å². The van der Waals surface area contributed by atoms with Gasteiger partial charge in [-0.05, 0) is 50.2 Å². The topological polar surface area (TPSA) is 29.5 Å². The molecule has 17 heavy (non-hydrogen) atoms. The zero-order valence-electron chi connectivity index (χ0n) is 10.8. The van der Waals surface area contributed by atoms with Gasteiger partial charge in [-0.25, -0.2) is 0 Å². The Morgan fingerprint density at radius 1 is 1.24 bits per heavy atom. The molecule has 1 aromatic rings. The molecule has 0 radical (unpaired) electrons. The summed E-state index contributed by atoms with van der Waals surface area (Å²) in [4.78, 5) is 0. The van der Waals surface area contributed by atoms with Crippen molar-refractivity contribution in [3.63, 3.8) is 0 Å². The van der Waals surface area contributed by atoms with Crippen LogP contribution in [0.15, 0.2) is 18.2 Å². The minimum Gasteiger partial charge on any atom is -0.493 e. The summed E-state index contributed by atoms with van der Waals surface area (Å²) in [6.07, 6.45) is 4.15. The lowest BCUT2D eigenvalue weighted by Crippen LogP contribution is -2.16. The van der Waals surface area contributed by atoms with E-state index in [4.69, 9.17) is 4.74 Å². The van der Waals surface area contributed by atoms with E-state index in [1.54, 1.807) is 0 Å². The van der Waals surface area contributed by atoms with E-state index in [-0.39, 0.29) is 6.10 Å². The fourth-order valence-corrected chi connectivity index (χ4v) is 2.69. The first-order chi connectivity index (χ1) is 8.18. The number of rotatable bonds is 4. The van der Waals surface area contributed by atoms with E-state index < -0.39 is 0 Å². The predicted molar refractivity (Wildman–Crippen MR) is 69.4 cm³/mol. The maximum absolute atomic E-state index is 9.74. The maximum atomic E-state index is 9.74. The summed E-state index contributed by atoms with van der Waals surface area (Å²) in [6.45, 7) is 4.87. The number of aryl methyl sites for hydroxylation is 2. The molecule has 2 rings (SSSR count). The third kappa shape index (κ3) is 3.01. The van der Waals surface area contributed by atoms with Gasteiger partial charge in [0.2, 0.25) is 0 Å². The Kier molecular flexibility index (Phi) is 4.06. The highest BCUT2D eigenvalue weighted by molar-refractivity contribution is 5.39. The van der Waals surface area contributed by atoms with Crippen molar-refractivity contribution >= 4 is 0 Å². The molecule has 0 amide bonds. The molecule has 1 aliphatic rings. The average Bonchev–Trinajstić information content (AvgIpc) is 2.69. The van der Waals surface area contributed by atoms with Crippen molar-refractivity contribution in [3.8, 4) is 5.75 Å². The summed E-state index contributed by atoms with van der Waals surface area (Å²) < 4.78 is 5.87. The minimum atomic E-state index is -0.100. The second-order valence-corrected chi connectivity index (χ2v) is 5.12. The number of hydrogen-bond acceptors (Lipinski definition) is 2. The van der Waals surface area contributed by atoms with E-state index in [9.17, 15) is 5.11 Å². The van der Waals surface area contributed by atoms with Crippen molar-refractivity contribution in [2.24, 2.45) is 5.92 Å². The van der Waals surface area contributed by atoms with Gasteiger partial charge in [-0.3, -0.25) is 0 Å². The van der Waals surface area contributed by atoms with E-state index in [0.29, 0.717) is 12.5 Å². The number of para-hydroxylation sites is 1. The van der Waals surface area contributed by atoms with Gasteiger partial charge in [0, 0.05) is 0 Å². The van der Waals surface area contributed by atoms with Crippen molar-refractivity contribution in [3.05, 3.63) is 29.3 Å². The van der Waals surface area contributed by atoms with Crippen molar-refractivity contribution in [2.75, 3.05) is 6.61 Å². The molecule has 94 valence electrons. The van der Waals surface area contributed by atoms with Crippen LogP contribution in [0.3, 0.4) is 0 Å². The average molecular weight is 234 g/mol. The van der Waals surface area contributed by atoms with Gasteiger partial charge in [0.05, 0.1) is 12.7 Å². The second kappa shape index (κ2) is 5.54. The molecule has 0 heterocycles. The Balaban J connectivity index is 1.86. The first-order valence-electron chi connectivity index (χ1n) is 6.55. The monoisotopic (exact) mass is 234 g/mol. The molecule has 0 aliphatic heterocycles. The standard InChI is InChI=1S/C15H22O2/c1-11-5-3-6-12(2)15(11)17-10-9-13-7-4-8-14(13)16/h3,5-6,13-14,16H,4,7-10H2,1-2H3. The van der Waals surface area contributed by atoms with Crippen LogP contribution in [0, 0.1) is 19.8 Å². The van der Waals surface area contributed by atoms with Crippen LogP contribution in [0.2, 0.25) is 0 Å². The minimum absolute atomic E-state index is 0.100. The van der Waals surface area contributed by atoms with E-state index in [2.05, 4.69) is 32.0 Å². The zero-order chi connectivity index (χ0) is 12.3. The third-order valence-corrected chi connectivity index (χ3v) is 3.76. The molecule has 0 saturated heterocycles. The second-order valence-electron chi connectivity index (χ2n) is 5.12. The smallest absolute Gasteiger partial charge is 0.125 e. The lowest BCUT2D eigenvalue weighted by molar-refractivity contribution is 0.116. The lowest BCUT2D eigenvalue weighted by atomic mass is 10.0. The quantitative estimate of drug-likeness (QED) is 0.866. The molecule has 1 aliphatic carbocycles. The van der Waals surface area contributed by atoms with E-state index in [1.165, 1.54) is 11.1 Å². The highest BCUT2D eigenvalue weighted by Gasteiger charge is 2.24. The van der Waals surface area contributed by atoms with Gasteiger partial charge in [-0.1, -0.05) is 24.6 Å². The van der Waals surface area contributed by atoms with Crippen LogP contribution in [0.5, 0.6) is 5.75 Å². The molecule has 2 heteroatoms. The van der Waals surface area contributed by atoms with Crippen LogP contribution in [0.1, 0.15) is 36.8 Å². The molecule has 1 saturated carbocycles. The molecule has 1 fully saturated rings. The van der Waals surface area contributed by atoms with Crippen LogP contribution >= 0.6 is 0 Å². The summed E-state index contributed by atoms with van der Waals surface area (Å²) in [7, 11) is 0. The fourth-order valence-electron chi connectivity index (χ4n) is 2.69. The van der Waals surface area contributed by atoms with Gasteiger partial charge in [0.1, 0.15) is 5.75 Å². The Bertz CT molecular complexity index is 353. The first kappa shape index (κ1) is 12.4. The largest absolute Gasteiger partial charge is 0.493 e. The van der Waals surface area contributed by atoms with Crippen LogP contribution in [0.4, 0.5) is 0 Å². The Hall–Kier alpha value is -1.02. The summed E-state index contributed by atoms with van der Waals surface area (Å²) in [5, 5.41) is 9.74. The zero-order valence-corrected chi connectivity index (χ0v) is 10.8. The number of aliphatic hydroxyl groups is 1. The highest BCUT2D eigenvalue weighted by atomic mass is 16.5.